The van der Waals surface area contributed by atoms with Gasteiger partial charge in [0.15, 0.2) is 0 Å². The molecule has 0 radical (unpaired) electrons. The maximum atomic E-state index is 13.4. The fourth-order valence-electron chi connectivity index (χ4n) is 3.48. The number of hydrogen-bond acceptors (Lipinski definition) is 4. The average molecular weight is 401 g/mol. The molecule has 28 heavy (non-hydrogen) atoms. The highest BCUT2D eigenvalue weighted by atomic mass is 32.2. The molecule has 144 valence electrons. The Morgan fingerprint density at radius 3 is 2.32 bits per heavy atom. The molecule has 1 atom stereocenters. The zero-order valence-electron chi connectivity index (χ0n) is 14.6. The molecule has 0 amide bonds. The van der Waals surface area contributed by atoms with Crippen molar-refractivity contribution in [2.75, 3.05) is 6.54 Å². The van der Waals surface area contributed by atoms with Gasteiger partial charge in [0.05, 0.1) is 15.9 Å². The maximum absolute atomic E-state index is 13.4. The molecule has 3 aromatic rings. The normalized spacial score (nSPS) is 17.2. The van der Waals surface area contributed by atoms with E-state index in [9.17, 15) is 22.9 Å². The summed E-state index contributed by atoms with van der Waals surface area (Å²) in [5, 5.41) is 10.8. The molecule has 0 saturated carbocycles. The van der Waals surface area contributed by atoms with Gasteiger partial charge >= 0.3 is 0 Å². The standard InChI is InChI=1S/C19H16FN3O4S/c20-15-5-3-14(4-6-15)19-18-2-1-11-21(18)12-13-22(19)28(26,27)17-9-7-16(8-10-17)23(24)25/h1-11,19H,12-13H2/t19-/m0/s1. The Morgan fingerprint density at radius 1 is 1.00 bits per heavy atom. The van der Waals surface area contributed by atoms with Crippen LogP contribution >= 0.6 is 0 Å². The Kier molecular flexibility index (Phi) is 4.48. The summed E-state index contributed by atoms with van der Waals surface area (Å²) in [6, 6.07) is 13.6. The molecule has 0 aliphatic carbocycles. The van der Waals surface area contributed by atoms with Crippen molar-refractivity contribution in [3.8, 4) is 0 Å². The molecule has 0 unspecified atom stereocenters. The third-order valence-corrected chi connectivity index (χ3v) is 6.71. The Morgan fingerprint density at radius 2 is 1.68 bits per heavy atom. The van der Waals surface area contributed by atoms with Crippen molar-refractivity contribution in [2.45, 2.75) is 17.5 Å². The summed E-state index contributed by atoms with van der Waals surface area (Å²) < 4.78 is 43.4. The Hall–Kier alpha value is -3.04. The second-order valence-electron chi connectivity index (χ2n) is 6.45. The summed E-state index contributed by atoms with van der Waals surface area (Å²) >= 11 is 0. The van der Waals surface area contributed by atoms with E-state index in [4.69, 9.17) is 0 Å². The number of benzene rings is 2. The minimum atomic E-state index is -3.93. The summed E-state index contributed by atoms with van der Waals surface area (Å²) in [5.74, 6) is -0.403. The van der Waals surface area contributed by atoms with Gasteiger partial charge in [-0.1, -0.05) is 12.1 Å². The maximum Gasteiger partial charge on any atom is 0.269 e. The third-order valence-electron chi connectivity index (χ3n) is 4.83. The average Bonchev–Trinajstić information content (AvgIpc) is 3.17. The molecule has 1 aromatic heterocycles. The summed E-state index contributed by atoms with van der Waals surface area (Å²) in [6.45, 7) is 0.704. The van der Waals surface area contributed by atoms with E-state index in [2.05, 4.69) is 0 Å². The summed E-state index contributed by atoms with van der Waals surface area (Å²) in [5.41, 5.74) is 1.25. The van der Waals surface area contributed by atoms with Crippen molar-refractivity contribution < 1.29 is 17.7 Å². The van der Waals surface area contributed by atoms with Crippen molar-refractivity contribution in [3.63, 3.8) is 0 Å². The number of nitro groups is 1. The van der Waals surface area contributed by atoms with E-state index in [1.807, 2.05) is 22.9 Å². The predicted molar refractivity (Wildman–Crippen MR) is 99.7 cm³/mol. The predicted octanol–water partition coefficient (Wildman–Crippen LogP) is 3.33. The first kappa shape index (κ1) is 18.3. The van der Waals surface area contributed by atoms with Gasteiger partial charge in [-0.3, -0.25) is 10.1 Å². The lowest BCUT2D eigenvalue weighted by molar-refractivity contribution is -0.384. The number of sulfonamides is 1. The molecule has 2 aromatic carbocycles. The molecule has 0 spiro atoms. The van der Waals surface area contributed by atoms with Gasteiger partial charge in [0.1, 0.15) is 5.82 Å². The van der Waals surface area contributed by atoms with Crippen LogP contribution in [0.4, 0.5) is 10.1 Å². The van der Waals surface area contributed by atoms with Gasteiger partial charge in [-0.2, -0.15) is 4.31 Å². The molecule has 0 fully saturated rings. The highest BCUT2D eigenvalue weighted by Gasteiger charge is 2.37. The number of aromatic nitrogens is 1. The van der Waals surface area contributed by atoms with Crippen molar-refractivity contribution in [3.05, 3.63) is 94.0 Å². The lowest BCUT2D eigenvalue weighted by atomic mass is 10.0. The number of halogens is 1. The Balaban J connectivity index is 1.80. The van der Waals surface area contributed by atoms with Crippen LogP contribution in [0.25, 0.3) is 0 Å². The Bertz CT molecular complexity index is 1120. The Labute approximate surface area is 160 Å². The van der Waals surface area contributed by atoms with Crippen LogP contribution in [0.3, 0.4) is 0 Å². The molecule has 0 bridgehead atoms. The fourth-order valence-corrected chi connectivity index (χ4v) is 5.06. The molecular weight excluding hydrogens is 385 g/mol. The zero-order valence-corrected chi connectivity index (χ0v) is 15.4. The summed E-state index contributed by atoms with van der Waals surface area (Å²) in [7, 11) is -3.93. The quantitative estimate of drug-likeness (QED) is 0.496. The van der Waals surface area contributed by atoms with Crippen LogP contribution in [0.5, 0.6) is 0 Å². The fraction of sp³-hybridized carbons (Fsp3) is 0.158. The van der Waals surface area contributed by atoms with Crippen molar-refractivity contribution >= 4 is 15.7 Å². The number of nitrogens with zero attached hydrogens (tertiary/aromatic N) is 3. The van der Waals surface area contributed by atoms with Gasteiger partial charge in [0.25, 0.3) is 5.69 Å². The van der Waals surface area contributed by atoms with Crippen LogP contribution < -0.4 is 0 Å². The molecule has 9 heteroatoms. The molecule has 7 nitrogen and oxygen atoms in total. The molecule has 1 aliphatic rings. The first-order valence-corrected chi connectivity index (χ1v) is 9.99. The van der Waals surface area contributed by atoms with Crippen LogP contribution in [-0.2, 0) is 16.6 Å². The number of non-ortho nitro benzene ring substituents is 1. The largest absolute Gasteiger partial charge is 0.348 e. The van der Waals surface area contributed by atoms with Gasteiger partial charge < -0.3 is 4.57 Å². The summed E-state index contributed by atoms with van der Waals surface area (Å²) in [4.78, 5) is 10.2. The number of hydrogen-bond donors (Lipinski definition) is 0. The monoisotopic (exact) mass is 401 g/mol. The summed E-state index contributed by atoms with van der Waals surface area (Å²) in [6.07, 6.45) is 1.88. The van der Waals surface area contributed by atoms with Crippen molar-refractivity contribution in [2.24, 2.45) is 0 Å². The first-order chi connectivity index (χ1) is 13.4. The van der Waals surface area contributed by atoms with Crippen LogP contribution in [0.2, 0.25) is 0 Å². The SMILES string of the molecule is O=[N+]([O-])c1ccc(S(=O)(=O)N2CCn3cccc3[C@@H]2c2ccc(F)cc2)cc1. The lowest BCUT2D eigenvalue weighted by Crippen LogP contribution is -2.42. The lowest BCUT2D eigenvalue weighted by Gasteiger charge is -2.36. The van der Waals surface area contributed by atoms with E-state index in [-0.39, 0.29) is 17.1 Å². The third kappa shape index (κ3) is 3.08. The molecular formula is C19H16FN3O4S. The molecule has 0 saturated heterocycles. The topological polar surface area (TPSA) is 85.4 Å². The highest BCUT2D eigenvalue weighted by Crippen LogP contribution is 2.36. The van der Waals surface area contributed by atoms with E-state index in [1.165, 1.54) is 40.7 Å². The van der Waals surface area contributed by atoms with E-state index in [0.717, 1.165) is 5.69 Å². The van der Waals surface area contributed by atoms with Crippen LogP contribution in [0.1, 0.15) is 17.3 Å². The molecule has 0 N–H and O–H groups in total. The second-order valence-corrected chi connectivity index (χ2v) is 8.34. The number of rotatable bonds is 4. The van der Waals surface area contributed by atoms with Gasteiger partial charge in [0.2, 0.25) is 10.0 Å². The van der Waals surface area contributed by atoms with E-state index in [0.29, 0.717) is 12.1 Å². The van der Waals surface area contributed by atoms with E-state index < -0.39 is 26.8 Å². The zero-order chi connectivity index (χ0) is 19.9. The van der Waals surface area contributed by atoms with Gasteiger partial charge in [-0.15, -0.1) is 0 Å². The molecule has 2 heterocycles. The van der Waals surface area contributed by atoms with Crippen LogP contribution in [0, 0.1) is 15.9 Å². The van der Waals surface area contributed by atoms with Crippen molar-refractivity contribution in [1.82, 2.24) is 8.87 Å². The van der Waals surface area contributed by atoms with Crippen LogP contribution in [0.15, 0.2) is 71.8 Å². The van der Waals surface area contributed by atoms with Gasteiger partial charge in [-0.05, 0) is 42.0 Å². The van der Waals surface area contributed by atoms with E-state index in [1.54, 1.807) is 12.1 Å². The highest BCUT2D eigenvalue weighted by molar-refractivity contribution is 7.89. The van der Waals surface area contributed by atoms with Gasteiger partial charge in [-0.25, -0.2) is 12.8 Å². The van der Waals surface area contributed by atoms with Gasteiger partial charge in [0, 0.05) is 37.1 Å². The van der Waals surface area contributed by atoms with Crippen molar-refractivity contribution in [1.29, 1.82) is 0 Å². The smallest absolute Gasteiger partial charge is 0.269 e. The molecule has 1 aliphatic heterocycles. The molecule has 4 rings (SSSR count). The minimum Gasteiger partial charge on any atom is -0.348 e. The second kappa shape index (κ2) is 6.84. The van der Waals surface area contributed by atoms with Crippen LogP contribution in [-0.4, -0.2) is 28.8 Å². The van der Waals surface area contributed by atoms with E-state index >= 15 is 0 Å². The minimum absolute atomic E-state index is 0.0229. The number of nitro benzene ring substituents is 1. The number of fused-ring (bicyclic) bond motifs is 1. The first-order valence-electron chi connectivity index (χ1n) is 8.55.